The Labute approximate surface area is 184 Å². The maximum atomic E-state index is 12.9. The highest BCUT2D eigenvalue weighted by Gasteiger charge is 2.30. The van der Waals surface area contributed by atoms with E-state index in [1.807, 2.05) is 0 Å². The van der Waals surface area contributed by atoms with Gasteiger partial charge in [-0.3, -0.25) is 9.36 Å². The number of hydrogen-bond acceptors (Lipinski definition) is 4. The first kappa shape index (κ1) is 21.2. The third-order valence-corrected chi connectivity index (χ3v) is 5.42. The fourth-order valence-electron chi connectivity index (χ4n) is 3.63. The molecule has 1 aromatic heterocycles. The summed E-state index contributed by atoms with van der Waals surface area (Å²) < 4.78 is 6.46. The molecule has 1 heterocycles. The predicted octanol–water partition coefficient (Wildman–Crippen LogP) is 3.51. The van der Waals surface area contributed by atoms with Crippen LogP contribution in [0.15, 0.2) is 54.7 Å². The molecule has 3 aromatic rings. The molecule has 0 spiro atoms. The molecule has 1 aliphatic carbocycles. The van der Waals surface area contributed by atoms with E-state index in [4.69, 9.17) is 10.5 Å². The van der Waals surface area contributed by atoms with Crippen LogP contribution < -0.4 is 26.4 Å². The van der Waals surface area contributed by atoms with Gasteiger partial charge in [0.15, 0.2) is 0 Å². The summed E-state index contributed by atoms with van der Waals surface area (Å²) in [5, 5.41) is 9.02. The van der Waals surface area contributed by atoms with Crippen LogP contribution in [-0.4, -0.2) is 35.7 Å². The number of urea groups is 1. The maximum Gasteiger partial charge on any atom is 0.323 e. The number of fused-ring (bicyclic) bond motifs is 1. The standard InChI is InChI=1S/C23H25N5O4/c1-32-16-6-4-5-15(12-16)25-21(29)18(11-14-9-10-14)26-23(31)27-19-13-28(22(24)30)20-8-3-2-7-17(19)20/h2-8,12-14,18H,9-11H2,1H3,(H2,24,30)(H,25,29)(H2,26,27,31)/t18-/m0/s1. The molecule has 1 atom stereocenters. The Morgan fingerprint density at radius 3 is 2.62 bits per heavy atom. The largest absolute Gasteiger partial charge is 0.497 e. The number of carbonyl (C=O) groups is 3. The molecule has 0 bridgehead atoms. The van der Waals surface area contributed by atoms with E-state index in [-0.39, 0.29) is 5.91 Å². The molecule has 0 radical (unpaired) electrons. The molecule has 5 N–H and O–H groups in total. The molecule has 0 saturated heterocycles. The first-order valence-electron chi connectivity index (χ1n) is 10.4. The Morgan fingerprint density at radius 2 is 1.91 bits per heavy atom. The third kappa shape index (κ3) is 4.83. The summed E-state index contributed by atoms with van der Waals surface area (Å²) in [6.45, 7) is 0. The van der Waals surface area contributed by atoms with Crippen LogP contribution in [0.4, 0.5) is 21.0 Å². The van der Waals surface area contributed by atoms with Gasteiger partial charge in [0.1, 0.15) is 11.8 Å². The Balaban J connectivity index is 1.48. The molecule has 2 aromatic carbocycles. The van der Waals surface area contributed by atoms with Gasteiger partial charge in [0.2, 0.25) is 5.91 Å². The Bertz CT molecular complexity index is 1170. The zero-order chi connectivity index (χ0) is 22.7. The molecule has 4 rings (SSSR count). The number of carbonyl (C=O) groups excluding carboxylic acids is 3. The molecular weight excluding hydrogens is 410 g/mol. The zero-order valence-corrected chi connectivity index (χ0v) is 17.6. The van der Waals surface area contributed by atoms with Crippen molar-refractivity contribution in [3.05, 3.63) is 54.7 Å². The lowest BCUT2D eigenvalue weighted by molar-refractivity contribution is -0.118. The molecule has 0 unspecified atom stereocenters. The summed E-state index contributed by atoms with van der Waals surface area (Å²) in [4.78, 5) is 37.4. The molecule has 9 nitrogen and oxygen atoms in total. The number of methoxy groups -OCH3 is 1. The number of hydrogen-bond donors (Lipinski definition) is 4. The number of aromatic nitrogens is 1. The highest BCUT2D eigenvalue weighted by Crippen LogP contribution is 2.34. The van der Waals surface area contributed by atoms with Gasteiger partial charge >= 0.3 is 12.1 Å². The molecule has 166 valence electrons. The number of rotatable bonds is 7. The average Bonchev–Trinajstić information content (AvgIpc) is 3.53. The molecule has 1 fully saturated rings. The van der Waals surface area contributed by atoms with Gasteiger partial charge in [-0.25, -0.2) is 9.59 Å². The summed E-state index contributed by atoms with van der Waals surface area (Å²) in [5.74, 6) is 0.728. The molecule has 1 saturated carbocycles. The Hall–Kier alpha value is -4.01. The van der Waals surface area contributed by atoms with Gasteiger partial charge in [0, 0.05) is 23.3 Å². The van der Waals surface area contributed by atoms with Crippen molar-refractivity contribution in [3.63, 3.8) is 0 Å². The van der Waals surface area contributed by atoms with Crippen LogP contribution in [0.3, 0.4) is 0 Å². The smallest absolute Gasteiger partial charge is 0.323 e. The topological polar surface area (TPSA) is 127 Å². The number of nitrogens with zero attached hydrogens (tertiary/aromatic N) is 1. The summed E-state index contributed by atoms with van der Waals surface area (Å²) in [5.41, 5.74) is 7.03. The maximum absolute atomic E-state index is 12.9. The van der Waals surface area contributed by atoms with Crippen molar-refractivity contribution >= 4 is 40.2 Å². The second-order valence-electron chi connectivity index (χ2n) is 7.82. The van der Waals surface area contributed by atoms with Crippen molar-refractivity contribution in [2.75, 3.05) is 17.7 Å². The average molecular weight is 435 g/mol. The van der Waals surface area contributed by atoms with Crippen LogP contribution in [0.1, 0.15) is 19.3 Å². The van der Waals surface area contributed by atoms with E-state index < -0.39 is 18.1 Å². The fraction of sp³-hybridized carbons (Fsp3) is 0.261. The van der Waals surface area contributed by atoms with E-state index in [2.05, 4.69) is 16.0 Å². The Morgan fingerprint density at radius 1 is 1.12 bits per heavy atom. The van der Waals surface area contributed by atoms with Gasteiger partial charge in [-0.05, 0) is 30.5 Å². The third-order valence-electron chi connectivity index (χ3n) is 5.42. The van der Waals surface area contributed by atoms with Crippen LogP contribution in [-0.2, 0) is 4.79 Å². The van der Waals surface area contributed by atoms with E-state index >= 15 is 0 Å². The SMILES string of the molecule is COc1cccc(NC(=O)[C@H](CC2CC2)NC(=O)Nc2cn(C(N)=O)c3ccccc23)c1. The first-order chi connectivity index (χ1) is 15.4. The van der Waals surface area contributed by atoms with E-state index in [0.717, 1.165) is 12.8 Å². The fourth-order valence-corrected chi connectivity index (χ4v) is 3.63. The van der Waals surface area contributed by atoms with Crippen molar-refractivity contribution in [2.45, 2.75) is 25.3 Å². The number of ether oxygens (including phenoxy) is 1. The lowest BCUT2D eigenvalue weighted by Crippen LogP contribution is -2.45. The number of amides is 4. The van der Waals surface area contributed by atoms with Crippen LogP contribution in [0.5, 0.6) is 5.75 Å². The van der Waals surface area contributed by atoms with E-state index in [0.29, 0.717) is 40.4 Å². The number of anilines is 2. The number of para-hydroxylation sites is 1. The lowest BCUT2D eigenvalue weighted by atomic mass is 10.1. The van der Waals surface area contributed by atoms with Crippen LogP contribution >= 0.6 is 0 Å². The zero-order valence-electron chi connectivity index (χ0n) is 17.6. The quantitative estimate of drug-likeness (QED) is 0.453. The van der Waals surface area contributed by atoms with Crippen LogP contribution in [0, 0.1) is 5.92 Å². The predicted molar refractivity (Wildman–Crippen MR) is 122 cm³/mol. The minimum absolute atomic E-state index is 0.306. The number of nitrogens with two attached hydrogens (primary N) is 1. The van der Waals surface area contributed by atoms with Gasteiger partial charge < -0.3 is 26.4 Å². The first-order valence-corrected chi connectivity index (χ1v) is 10.4. The molecule has 9 heteroatoms. The number of nitrogens with one attached hydrogen (secondary N) is 3. The second kappa shape index (κ2) is 9.01. The second-order valence-corrected chi connectivity index (χ2v) is 7.82. The number of benzene rings is 2. The molecule has 4 amide bonds. The minimum atomic E-state index is -0.710. The van der Waals surface area contributed by atoms with Gasteiger partial charge in [0.05, 0.1) is 18.3 Å². The van der Waals surface area contributed by atoms with E-state index in [1.54, 1.807) is 55.6 Å². The molecule has 0 aliphatic heterocycles. The number of primary amides is 1. The molecular formula is C23H25N5O4. The minimum Gasteiger partial charge on any atom is -0.497 e. The van der Waals surface area contributed by atoms with E-state index in [9.17, 15) is 14.4 Å². The van der Waals surface area contributed by atoms with Gasteiger partial charge in [0.25, 0.3) is 0 Å². The van der Waals surface area contributed by atoms with Crippen molar-refractivity contribution in [2.24, 2.45) is 11.7 Å². The van der Waals surface area contributed by atoms with E-state index in [1.165, 1.54) is 10.8 Å². The van der Waals surface area contributed by atoms with Crippen LogP contribution in [0.2, 0.25) is 0 Å². The van der Waals surface area contributed by atoms with Gasteiger partial charge in [-0.1, -0.05) is 37.1 Å². The monoisotopic (exact) mass is 435 g/mol. The van der Waals surface area contributed by atoms with Crippen LogP contribution in [0.25, 0.3) is 10.9 Å². The summed E-state index contributed by atoms with van der Waals surface area (Å²) in [6.07, 6.45) is 4.10. The highest BCUT2D eigenvalue weighted by atomic mass is 16.5. The van der Waals surface area contributed by atoms with Gasteiger partial charge in [-0.2, -0.15) is 0 Å². The van der Waals surface area contributed by atoms with Crippen molar-refractivity contribution < 1.29 is 19.1 Å². The summed E-state index contributed by atoms with van der Waals surface area (Å²) in [6, 6.07) is 12.2. The van der Waals surface area contributed by atoms with Crippen molar-refractivity contribution in [1.82, 2.24) is 9.88 Å². The highest BCUT2D eigenvalue weighted by molar-refractivity contribution is 6.06. The van der Waals surface area contributed by atoms with Crippen molar-refractivity contribution in [1.29, 1.82) is 0 Å². The summed E-state index contributed by atoms with van der Waals surface area (Å²) >= 11 is 0. The normalized spacial score (nSPS) is 13.9. The van der Waals surface area contributed by atoms with Gasteiger partial charge in [-0.15, -0.1) is 0 Å². The van der Waals surface area contributed by atoms with Crippen molar-refractivity contribution in [3.8, 4) is 5.75 Å². The molecule has 32 heavy (non-hydrogen) atoms. The Kier molecular flexibility index (Phi) is 5.98. The molecule has 1 aliphatic rings. The lowest BCUT2D eigenvalue weighted by Gasteiger charge is -2.19. The summed E-state index contributed by atoms with van der Waals surface area (Å²) in [7, 11) is 1.55.